The molecule has 0 aliphatic carbocycles. The van der Waals surface area contributed by atoms with Crippen molar-refractivity contribution >= 4 is 5.97 Å². The van der Waals surface area contributed by atoms with Crippen LogP contribution in [0.1, 0.15) is 26.7 Å². The molecule has 0 spiro atoms. The van der Waals surface area contributed by atoms with Crippen molar-refractivity contribution in [3.8, 4) is 0 Å². The van der Waals surface area contributed by atoms with E-state index in [0.717, 1.165) is 6.42 Å². The van der Waals surface area contributed by atoms with Crippen LogP contribution in [0.25, 0.3) is 0 Å². The first-order chi connectivity index (χ1) is 5.11. The Morgan fingerprint density at radius 1 is 1.64 bits per heavy atom. The molecule has 66 valence electrons. The highest BCUT2D eigenvalue weighted by Crippen LogP contribution is 2.13. The van der Waals surface area contributed by atoms with Crippen LogP contribution in [0.15, 0.2) is 0 Å². The molecule has 11 heavy (non-hydrogen) atoms. The minimum atomic E-state index is -0.771. The van der Waals surface area contributed by atoms with Crippen molar-refractivity contribution in [3.63, 3.8) is 0 Å². The predicted molar refractivity (Wildman–Crippen MR) is 44.3 cm³/mol. The van der Waals surface area contributed by atoms with Crippen molar-refractivity contribution in [2.45, 2.75) is 26.7 Å². The van der Waals surface area contributed by atoms with Crippen LogP contribution >= 0.6 is 0 Å². The van der Waals surface area contributed by atoms with Gasteiger partial charge in [-0.2, -0.15) is 0 Å². The monoisotopic (exact) mass is 159 g/mol. The van der Waals surface area contributed by atoms with E-state index in [1.165, 1.54) is 0 Å². The summed E-state index contributed by atoms with van der Waals surface area (Å²) < 4.78 is 0. The molecular formula is C8H17NO2. The largest absolute Gasteiger partial charge is 0.481 e. The number of nitrogens with two attached hydrogens (primary N) is 1. The normalized spacial score (nSPS) is 15.9. The molecule has 0 amide bonds. The Kier molecular flexibility index (Phi) is 4.86. The number of carboxylic acid groups (broad SMARTS) is 1. The van der Waals surface area contributed by atoms with Crippen molar-refractivity contribution in [2.75, 3.05) is 6.54 Å². The summed E-state index contributed by atoms with van der Waals surface area (Å²) in [5.74, 6) is -0.669. The molecule has 0 aromatic rings. The lowest BCUT2D eigenvalue weighted by Crippen LogP contribution is -2.25. The number of aliphatic carboxylic acids is 1. The molecule has 0 rings (SSSR count). The highest BCUT2D eigenvalue weighted by molar-refractivity contribution is 5.70. The Bertz CT molecular complexity index is 125. The van der Waals surface area contributed by atoms with Gasteiger partial charge < -0.3 is 10.8 Å². The Labute approximate surface area is 67.6 Å². The molecule has 0 saturated heterocycles. The van der Waals surface area contributed by atoms with Gasteiger partial charge in [0.1, 0.15) is 0 Å². The van der Waals surface area contributed by atoms with Crippen LogP contribution in [0.2, 0.25) is 0 Å². The first kappa shape index (κ1) is 10.4. The summed E-state index contributed by atoms with van der Waals surface area (Å²) in [6, 6.07) is 0. The van der Waals surface area contributed by atoms with Crippen LogP contribution in [0.5, 0.6) is 0 Å². The molecule has 0 aromatic heterocycles. The van der Waals surface area contributed by atoms with Gasteiger partial charge in [-0.25, -0.2) is 0 Å². The molecule has 0 fully saturated rings. The molecule has 0 bridgehead atoms. The highest BCUT2D eigenvalue weighted by Gasteiger charge is 2.17. The molecule has 0 heterocycles. The van der Waals surface area contributed by atoms with Gasteiger partial charge in [0.2, 0.25) is 0 Å². The number of carbonyl (C=O) groups is 1. The van der Waals surface area contributed by atoms with Crippen LogP contribution in [0, 0.1) is 11.8 Å². The van der Waals surface area contributed by atoms with Crippen molar-refractivity contribution in [2.24, 2.45) is 17.6 Å². The van der Waals surface area contributed by atoms with E-state index in [4.69, 9.17) is 10.8 Å². The number of hydrogen-bond donors (Lipinski definition) is 2. The smallest absolute Gasteiger partial charge is 0.307 e. The summed E-state index contributed by atoms with van der Waals surface area (Å²) in [6.07, 6.45) is 1.71. The predicted octanol–water partition coefficient (Wildman–Crippen LogP) is 1.08. The quantitative estimate of drug-likeness (QED) is 0.631. The summed E-state index contributed by atoms with van der Waals surface area (Å²) in [4.78, 5) is 10.5. The van der Waals surface area contributed by atoms with Crippen molar-refractivity contribution < 1.29 is 9.90 Å². The summed E-state index contributed by atoms with van der Waals surface area (Å²) in [7, 11) is 0. The zero-order valence-corrected chi connectivity index (χ0v) is 7.21. The molecule has 3 nitrogen and oxygen atoms in total. The average Bonchev–Trinajstić information content (AvgIpc) is 1.99. The topological polar surface area (TPSA) is 63.3 Å². The SMILES string of the molecule is CC[C@H](C)C[C@H](CN)C(=O)O. The molecule has 0 radical (unpaired) electrons. The maximum Gasteiger partial charge on any atom is 0.307 e. The van der Waals surface area contributed by atoms with Gasteiger partial charge in [0.25, 0.3) is 0 Å². The average molecular weight is 159 g/mol. The molecule has 0 aliphatic heterocycles. The van der Waals surface area contributed by atoms with E-state index in [1.54, 1.807) is 0 Å². The number of rotatable bonds is 5. The Balaban J connectivity index is 3.77. The van der Waals surface area contributed by atoms with Crippen molar-refractivity contribution in [3.05, 3.63) is 0 Å². The Morgan fingerprint density at radius 2 is 2.18 bits per heavy atom. The van der Waals surface area contributed by atoms with E-state index in [1.807, 2.05) is 6.92 Å². The highest BCUT2D eigenvalue weighted by atomic mass is 16.4. The minimum absolute atomic E-state index is 0.250. The van der Waals surface area contributed by atoms with Gasteiger partial charge in [-0.05, 0) is 12.3 Å². The van der Waals surface area contributed by atoms with Gasteiger partial charge in [-0.1, -0.05) is 20.3 Å². The van der Waals surface area contributed by atoms with Gasteiger partial charge in [-0.3, -0.25) is 4.79 Å². The summed E-state index contributed by atoms with van der Waals surface area (Å²) >= 11 is 0. The molecule has 2 atom stereocenters. The maximum absolute atomic E-state index is 10.5. The van der Waals surface area contributed by atoms with E-state index in [0.29, 0.717) is 12.3 Å². The van der Waals surface area contributed by atoms with Gasteiger partial charge >= 0.3 is 5.97 Å². The second-order valence-corrected chi connectivity index (χ2v) is 3.02. The summed E-state index contributed by atoms with van der Waals surface area (Å²) in [5.41, 5.74) is 5.30. The Morgan fingerprint density at radius 3 is 2.45 bits per heavy atom. The molecule has 0 saturated carbocycles. The standard InChI is InChI=1S/C8H17NO2/c1-3-6(2)4-7(5-9)8(10)11/h6-7H,3-5,9H2,1-2H3,(H,10,11)/t6-,7+/m0/s1. The summed E-state index contributed by atoms with van der Waals surface area (Å²) in [5, 5.41) is 8.64. The molecule has 3 heteroatoms. The van der Waals surface area contributed by atoms with Crippen LogP contribution in [-0.4, -0.2) is 17.6 Å². The molecular weight excluding hydrogens is 142 g/mol. The lowest BCUT2D eigenvalue weighted by atomic mass is 9.94. The maximum atomic E-state index is 10.5. The third kappa shape index (κ3) is 3.98. The van der Waals surface area contributed by atoms with E-state index in [9.17, 15) is 4.79 Å². The molecule has 0 aromatic carbocycles. The first-order valence-corrected chi connectivity index (χ1v) is 4.04. The zero-order valence-electron chi connectivity index (χ0n) is 7.21. The summed E-state index contributed by atoms with van der Waals surface area (Å²) in [6.45, 7) is 4.35. The number of hydrogen-bond acceptors (Lipinski definition) is 2. The fourth-order valence-electron chi connectivity index (χ4n) is 0.950. The van der Waals surface area contributed by atoms with Crippen LogP contribution in [0.4, 0.5) is 0 Å². The van der Waals surface area contributed by atoms with Gasteiger partial charge in [-0.15, -0.1) is 0 Å². The van der Waals surface area contributed by atoms with Crippen LogP contribution < -0.4 is 5.73 Å². The molecule has 0 unspecified atom stereocenters. The van der Waals surface area contributed by atoms with E-state index in [2.05, 4.69) is 6.92 Å². The second kappa shape index (κ2) is 5.13. The van der Waals surface area contributed by atoms with Crippen molar-refractivity contribution in [1.82, 2.24) is 0 Å². The van der Waals surface area contributed by atoms with E-state index in [-0.39, 0.29) is 12.5 Å². The van der Waals surface area contributed by atoms with Crippen molar-refractivity contribution in [1.29, 1.82) is 0 Å². The first-order valence-electron chi connectivity index (χ1n) is 4.04. The third-order valence-electron chi connectivity index (χ3n) is 2.02. The van der Waals surface area contributed by atoms with Crippen LogP contribution in [-0.2, 0) is 4.79 Å². The Hall–Kier alpha value is -0.570. The van der Waals surface area contributed by atoms with Gasteiger partial charge in [0, 0.05) is 6.54 Å². The minimum Gasteiger partial charge on any atom is -0.481 e. The fourth-order valence-corrected chi connectivity index (χ4v) is 0.950. The van der Waals surface area contributed by atoms with E-state index < -0.39 is 5.97 Å². The van der Waals surface area contributed by atoms with Crippen LogP contribution in [0.3, 0.4) is 0 Å². The lowest BCUT2D eigenvalue weighted by Gasteiger charge is -2.13. The van der Waals surface area contributed by atoms with Gasteiger partial charge in [0.15, 0.2) is 0 Å². The van der Waals surface area contributed by atoms with E-state index >= 15 is 0 Å². The second-order valence-electron chi connectivity index (χ2n) is 3.02. The fraction of sp³-hybridized carbons (Fsp3) is 0.875. The molecule has 0 aliphatic rings. The van der Waals surface area contributed by atoms with Gasteiger partial charge in [0.05, 0.1) is 5.92 Å². The zero-order chi connectivity index (χ0) is 8.85. The third-order valence-corrected chi connectivity index (χ3v) is 2.02. The lowest BCUT2D eigenvalue weighted by molar-refractivity contribution is -0.141. The molecule has 3 N–H and O–H groups in total. The number of carboxylic acids is 1.